The Morgan fingerprint density at radius 1 is 1.29 bits per heavy atom. The van der Waals surface area contributed by atoms with Gasteiger partial charge in [0.1, 0.15) is 10.8 Å². The van der Waals surface area contributed by atoms with Crippen LogP contribution in [0.4, 0.5) is 8.78 Å². The van der Waals surface area contributed by atoms with Gasteiger partial charge in [-0.3, -0.25) is 0 Å². The van der Waals surface area contributed by atoms with Crippen LogP contribution in [-0.2, 0) is 6.54 Å². The minimum atomic E-state index is -2.92. The number of ether oxygens (including phenoxy) is 1. The molecular weight excluding hydrogens is 235 g/mol. The van der Waals surface area contributed by atoms with E-state index in [9.17, 15) is 8.78 Å². The summed E-state index contributed by atoms with van der Waals surface area (Å²) in [6, 6.07) is 2.80. The monoisotopic (exact) mass is 241 g/mol. The van der Waals surface area contributed by atoms with Crippen LogP contribution in [0.5, 0.6) is 5.75 Å². The van der Waals surface area contributed by atoms with Crippen LogP contribution < -0.4 is 10.5 Å². The zero-order valence-corrected chi connectivity index (χ0v) is 8.45. The molecule has 2 N–H and O–H groups in total. The molecule has 14 heavy (non-hydrogen) atoms. The number of rotatable bonds is 3. The van der Waals surface area contributed by atoms with E-state index >= 15 is 0 Å². The Balaban J connectivity index is 3.04. The van der Waals surface area contributed by atoms with Crippen molar-refractivity contribution in [3.8, 4) is 5.75 Å². The molecule has 0 saturated heterocycles. The predicted octanol–water partition coefficient (Wildman–Crippen LogP) is 3.05. The first-order valence-electron chi connectivity index (χ1n) is 3.68. The molecular formula is C8H7Cl2F2NO. The topological polar surface area (TPSA) is 35.2 Å². The summed E-state index contributed by atoms with van der Waals surface area (Å²) in [5.41, 5.74) is 5.92. The van der Waals surface area contributed by atoms with Crippen LogP contribution in [0.3, 0.4) is 0 Å². The average Bonchev–Trinajstić information content (AvgIpc) is 2.13. The van der Waals surface area contributed by atoms with Crippen LogP contribution in [0.25, 0.3) is 0 Å². The molecule has 0 amide bonds. The van der Waals surface area contributed by atoms with E-state index in [2.05, 4.69) is 4.74 Å². The lowest BCUT2D eigenvalue weighted by molar-refractivity contribution is -0.0497. The van der Waals surface area contributed by atoms with Crippen LogP contribution in [-0.4, -0.2) is 6.61 Å². The normalized spacial score (nSPS) is 10.7. The van der Waals surface area contributed by atoms with Gasteiger partial charge < -0.3 is 10.5 Å². The Morgan fingerprint density at radius 3 is 2.43 bits per heavy atom. The summed E-state index contributed by atoms with van der Waals surface area (Å²) in [6.07, 6.45) is 0. The Bertz CT molecular complexity index is 333. The number of benzene rings is 1. The van der Waals surface area contributed by atoms with Gasteiger partial charge in [-0.25, -0.2) is 0 Å². The van der Waals surface area contributed by atoms with E-state index < -0.39 is 6.61 Å². The summed E-state index contributed by atoms with van der Waals surface area (Å²) < 4.78 is 27.9. The van der Waals surface area contributed by atoms with E-state index in [1.54, 1.807) is 0 Å². The van der Waals surface area contributed by atoms with Crippen molar-refractivity contribution in [1.29, 1.82) is 0 Å². The minimum absolute atomic E-state index is 0.0464. The van der Waals surface area contributed by atoms with E-state index in [1.807, 2.05) is 0 Å². The Kier molecular flexibility index (Phi) is 3.92. The first-order chi connectivity index (χ1) is 6.56. The van der Waals surface area contributed by atoms with E-state index in [0.29, 0.717) is 5.56 Å². The molecule has 0 aromatic heterocycles. The zero-order valence-electron chi connectivity index (χ0n) is 6.94. The number of halogens is 4. The first-order valence-corrected chi connectivity index (χ1v) is 4.43. The van der Waals surface area contributed by atoms with Gasteiger partial charge in [-0.1, -0.05) is 29.3 Å². The molecule has 0 heterocycles. The molecule has 6 heteroatoms. The summed E-state index contributed by atoms with van der Waals surface area (Å²) in [5.74, 6) is -0.149. The Morgan fingerprint density at radius 2 is 1.93 bits per heavy atom. The van der Waals surface area contributed by atoms with Crippen LogP contribution in [0.2, 0.25) is 10.0 Å². The van der Waals surface area contributed by atoms with Gasteiger partial charge in [0.2, 0.25) is 0 Å². The lowest BCUT2D eigenvalue weighted by Crippen LogP contribution is -2.04. The fourth-order valence-electron chi connectivity index (χ4n) is 0.916. The fourth-order valence-corrected chi connectivity index (χ4v) is 1.38. The van der Waals surface area contributed by atoms with Crippen molar-refractivity contribution in [2.75, 3.05) is 0 Å². The smallest absolute Gasteiger partial charge is 0.387 e. The second-order valence-electron chi connectivity index (χ2n) is 2.43. The van der Waals surface area contributed by atoms with Crippen molar-refractivity contribution in [3.63, 3.8) is 0 Å². The van der Waals surface area contributed by atoms with Crippen LogP contribution in [0, 0.1) is 0 Å². The van der Waals surface area contributed by atoms with Gasteiger partial charge >= 0.3 is 6.61 Å². The van der Waals surface area contributed by atoms with Crippen molar-refractivity contribution in [2.24, 2.45) is 5.73 Å². The third-order valence-electron chi connectivity index (χ3n) is 1.56. The number of alkyl halides is 2. The molecule has 2 nitrogen and oxygen atoms in total. The molecule has 0 aliphatic carbocycles. The van der Waals surface area contributed by atoms with Crippen LogP contribution in [0.15, 0.2) is 12.1 Å². The van der Waals surface area contributed by atoms with Crippen molar-refractivity contribution in [3.05, 3.63) is 27.7 Å². The highest BCUT2D eigenvalue weighted by Crippen LogP contribution is 2.35. The molecule has 0 saturated carbocycles. The maximum atomic E-state index is 11.9. The molecule has 0 spiro atoms. The lowest BCUT2D eigenvalue weighted by Gasteiger charge is -2.09. The van der Waals surface area contributed by atoms with Gasteiger partial charge in [-0.05, 0) is 11.6 Å². The molecule has 0 unspecified atom stereocenters. The van der Waals surface area contributed by atoms with Crippen LogP contribution in [0.1, 0.15) is 5.56 Å². The Hall–Kier alpha value is -0.580. The zero-order chi connectivity index (χ0) is 10.7. The van der Waals surface area contributed by atoms with Crippen molar-refractivity contribution in [1.82, 2.24) is 0 Å². The SMILES string of the molecule is NCc1ccc(OC(F)F)c(Cl)c1Cl. The standard InChI is InChI=1S/C8H7Cl2F2NO/c9-6-4(3-13)1-2-5(7(6)10)14-8(11)12/h1-2,8H,3,13H2. The second kappa shape index (κ2) is 4.77. The maximum absolute atomic E-state index is 11.9. The maximum Gasteiger partial charge on any atom is 0.387 e. The molecule has 1 rings (SSSR count). The van der Waals surface area contributed by atoms with Gasteiger partial charge in [-0.15, -0.1) is 0 Å². The van der Waals surface area contributed by atoms with E-state index in [-0.39, 0.29) is 22.3 Å². The lowest BCUT2D eigenvalue weighted by atomic mass is 10.2. The summed E-state index contributed by atoms with van der Waals surface area (Å²) in [5, 5.41) is 0.0993. The first kappa shape index (κ1) is 11.5. The molecule has 0 fully saturated rings. The minimum Gasteiger partial charge on any atom is -0.433 e. The quantitative estimate of drug-likeness (QED) is 0.883. The van der Waals surface area contributed by atoms with E-state index in [4.69, 9.17) is 28.9 Å². The van der Waals surface area contributed by atoms with Crippen molar-refractivity contribution < 1.29 is 13.5 Å². The molecule has 1 aromatic carbocycles. The van der Waals surface area contributed by atoms with Crippen LogP contribution >= 0.6 is 23.2 Å². The predicted molar refractivity (Wildman–Crippen MR) is 51.0 cm³/mol. The third-order valence-corrected chi connectivity index (χ3v) is 2.47. The summed E-state index contributed by atoms with van der Waals surface area (Å²) >= 11 is 11.4. The van der Waals surface area contributed by atoms with Gasteiger partial charge in [0.15, 0.2) is 0 Å². The van der Waals surface area contributed by atoms with Gasteiger partial charge in [0, 0.05) is 6.54 Å². The molecule has 0 aliphatic rings. The van der Waals surface area contributed by atoms with Gasteiger partial charge in [0.05, 0.1) is 5.02 Å². The number of hydrogen-bond donors (Lipinski definition) is 1. The second-order valence-corrected chi connectivity index (χ2v) is 3.19. The highest BCUT2D eigenvalue weighted by molar-refractivity contribution is 6.43. The summed E-state index contributed by atoms with van der Waals surface area (Å²) in [7, 11) is 0. The molecule has 78 valence electrons. The molecule has 0 radical (unpaired) electrons. The fraction of sp³-hybridized carbons (Fsp3) is 0.250. The average molecular weight is 242 g/mol. The van der Waals surface area contributed by atoms with Gasteiger partial charge in [-0.2, -0.15) is 8.78 Å². The van der Waals surface area contributed by atoms with Crippen molar-refractivity contribution >= 4 is 23.2 Å². The molecule has 0 aliphatic heterocycles. The van der Waals surface area contributed by atoms with Gasteiger partial charge in [0.25, 0.3) is 0 Å². The Labute approximate surface area is 89.6 Å². The molecule has 0 atom stereocenters. The largest absolute Gasteiger partial charge is 0.433 e. The van der Waals surface area contributed by atoms with E-state index in [1.165, 1.54) is 12.1 Å². The highest BCUT2D eigenvalue weighted by Gasteiger charge is 2.13. The summed E-state index contributed by atoms with van der Waals surface area (Å²) in [4.78, 5) is 0. The number of nitrogens with two attached hydrogens (primary N) is 1. The molecule has 1 aromatic rings. The summed E-state index contributed by atoms with van der Waals surface area (Å²) in [6.45, 7) is -2.74. The molecule has 0 bridgehead atoms. The van der Waals surface area contributed by atoms with Crippen molar-refractivity contribution in [2.45, 2.75) is 13.2 Å². The highest BCUT2D eigenvalue weighted by atomic mass is 35.5. The third kappa shape index (κ3) is 2.47. The number of hydrogen-bond acceptors (Lipinski definition) is 2. The van der Waals surface area contributed by atoms with E-state index in [0.717, 1.165) is 0 Å².